The highest BCUT2D eigenvalue weighted by molar-refractivity contribution is 7.17. The lowest BCUT2D eigenvalue weighted by atomic mass is 10.2. The molecule has 4 aromatic rings. The summed E-state index contributed by atoms with van der Waals surface area (Å²) in [6.07, 6.45) is 0. The summed E-state index contributed by atoms with van der Waals surface area (Å²) < 4.78 is 0. The molecule has 0 bridgehead atoms. The molecule has 0 radical (unpaired) electrons. The van der Waals surface area contributed by atoms with Crippen molar-refractivity contribution in [2.45, 2.75) is 6.54 Å². The van der Waals surface area contributed by atoms with Crippen molar-refractivity contribution in [1.29, 1.82) is 0 Å². The Bertz CT molecular complexity index is 1040. The minimum atomic E-state index is -0.0179. The van der Waals surface area contributed by atoms with Crippen LogP contribution < -0.4 is 0 Å². The first-order chi connectivity index (χ1) is 12.6. The number of fused-ring (bicyclic) bond motifs is 1. The third-order valence-electron chi connectivity index (χ3n) is 4.12. The summed E-state index contributed by atoms with van der Waals surface area (Å²) >= 11 is 7.42. The van der Waals surface area contributed by atoms with Gasteiger partial charge in [0.2, 0.25) is 0 Å². The number of para-hydroxylation sites is 2. The topological polar surface area (TPSA) is 49.0 Å². The van der Waals surface area contributed by atoms with Gasteiger partial charge in [0.15, 0.2) is 0 Å². The van der Waals surface area contributed by atoms with Gasteiger partial charge in [0.1, 0.15) is 5.82 Å². The van der Waals surface area contributed by atoms with Crippen molar-refractivity contribution >= 4 is 39.9 Å². The number of imidazole rings is 1. The van der Waals surface area contributed by atoms with E-state index in [0.29, 0.717) is 16.4 Å². The van der Waals surface area contributed by atoms with E-state index in [1.54, 1.807) is 11.9 Å². The van der Waals surface area contributed by atoms with Crippen molar-refractivity contribution in [2.75, 3.05) is 7.05 Å². The number of aromatic amines is 1. The number of nitrogens with one attached hydrogen (secondary N) is 1. The van der Waals surface area contributed by atoms with Crippen molar-refractivity contribution < 1.29 is 4.79 Å². The van der Waals surface area contributed by atoms with E-state index >= 15 is 0 Å². The number of carbonyl (C=O) groups is 1. The number of carbonyl (C=O) groups excluding carboxylic acids is 1. The fourth-order valence-corrected chi connectivity index (χ4v) is 3.92. The van der Waals surface area contributed by atoms with Crippen LogP contribution in [0.15, 0.2) is 60.7 Å². The van der Waals surface area contributed by atoms with Crippen LogP contribution in [-0.4, -0.2) is 27.8 Å². The van der Waals surface area contributed by atoms with Gasteiger partial charge in [0.25, 0.3) is 5.91 Å². The van der Waals surface area contributed by atoms with E-state index < -0.39 is 0 Å². The fourth-order valence-electron chi connectivity index (χ4n) is 2.79. The van der Waals surface area contributed by atoms with Crippen molar-refractivity contribution in [3.05, 3.63) is 76.4 Å². The molecule has 0 aliphatic rings. The monoisotopic (exact) mass is 381 g/mol. The summed E-state index contributed by atoms with van der Waals surface area (Å²) in [5.41, 5.74) is 2.94. The highest BCUT2D eigenvalue weighted by Crippen LogP contribution is 2.29. The second kappa shape index (κ2) is 6.94. The Morgan fingerprint density at radius 1 is 1.12 bits per heavy atom. The van der Waals surface area contributed by atoms with Crippen molar-refractivity contribution in [2.24, 2.45) is 0 Å². The quantitative estimate of drug-likeness (QED) is 0.527. The Labute approximate surface area is 160 Å². The molecule has 4 rings (SSSR count). The van der Waals surface area contributed by atoms with Gasteiger partial charge in [-0.15, -0.1) is 11.3 Å². The minimum Gasteiger partial charge on any atom is -0.340 e. The molecule has 4 nitrogen and oxygen atoms in total. The Balaban J connectivity index is 1.50. The zero-order valence-corrected chi connectivity index (χ0v) is 15.6. The number of H-pyrrole nitrogens is 1. The lowest BCUT2D eigenvalue weighted by molar-refractivity contribution is 0.0787. The van der Waals surface area contributed by atoms with Gasteiger partial charge in [-0.3, -0.25) is 4.79 Å². The first kappa shape index (κ1) is 16.8. The van der Waals surface area contributed by atoms with Crippen LogP contribution in [0.5, 0.6) is 0 Å². The van der Waals surface area contributed by atoms with Crippen LogP contribution in [0.25, 0.3) is 21.5 Å². The SMILES string of the molecule is CN(Cc1nc2ccccc2[nH]1)C(=O)c1ccc(-c2ccc(Cl)cc2)s1. The van der Waals surface area contributed by atoms with Crippen LogP contribution >= 0.6 is 22.9 Å². The van der Waals surface area contributed by atoms with E-state index in [9.17, 15) is 4.79 Å². The van der Waals surface area contributed by atoms with Crippen LogP contribution in [0.2, 0.25) is 5.02 Å². The zero-order chi connectivity index (χ0) is 18.1. The molecule has 2 aromatic carbocycles. The van der Waals surface area contributed by atoms with Gasteiger partial charge in [-0.05, 0) is 42.0 Å². The molecule has 0 spiro atoms. The number of hydrogen-bond acceptors (Lipinski definition) is 3. The average molecular weight is 382 g/mol. The van der Waals surface area contributed by atoms with Crippen molar-refractivity contribution in [1.82, 2.24) is 14.9 Å². The number of benzene rings is 2. The van der Waals surface area contributed by atoms with Gasteiger partial charge >= 0.3 is 0 Å². The molecule has 0 atom stereocenters. The lowest BCUT2D eigenvalue weighted by Gasteiger charge is -2.14. The van der Waals surface area contributed by atoms with E-state index in [2.05, 4.69) is 9.97 Å². The second-order valence-electron chi connectivity index (χ2n) is 6.03. The lowest BCUT2D eigenvalue weighted by Crippen LogP contribution is -2.25. The molecule has 0 fully saturated rings. The van der Waals surface area contributed by atoms with E-state index in [0.717, 1.165) is 27.3 Å². The molecule has 6 heteroatoms. The number of halogens is 1. The number of aromatic nitrogens is 2. The molecule has 2 heterocycles. The molecule has 130 valence electrons. The van der Waals surface area contributed by atoms with Crippen LogP contribution in [0, 0.1) is 0 Å². The maximum atomic E-state index is 12.7. The Morgan fingerprint density at radius 2 is 1.88 bits per heavy atom. The van der Waals surface area contributed by atoms with Crippen LogP contribution in [0.1, 0.15) is 15.5 Å². The average Bonchev–Trinajstić information content (AvgIpc) is 3.28. The third kappa shape index (κ3) is 3.36. The normalized spacial score (nSPS) is 11.0. The minimum absolute atomic E-state index is 0.0179. The molecule has 1 N–H and O–H groups in total. The predicted molar refractivity (Wildman–Crippen MR) is 107 cm³/mol. The van der Waals surface area contributed by atoms with Gasteiger partial charge < -0.3 is 9.88 Å². The second-order valence-corrected chi connectivity index (χ2v) is 7.55. The van der Waals surface area contributed by atoms with E-state index in [1.165, 1.54) is 11.3 Å². The summed E-state index contributed by atoms with van der Waals surface area (Å²) in [4.78, 5) is 23.9. The summed E-state index contributed by atoms with van der Waals surface area (Å²) in [6.45, 7) is 0.432. The maximum Gasteiger partial charge on any atom is 0.264 e. The number of rotatable bonds is 4. The summed E-state index contributed by atoms with van der Waals surface area (Å²) in [5, 5.41) is 0.701. The predicted octanol–water partition coefficient (Wildman–Crippen LogP) is 5.22. The van der Waals surface area contributed by atoms with Gasteiger partial charge in [-0.2, -0.15) is 0 Å². The van der Waals surface area contributed by atoms with E-state index in [4.69, 9.17) is 11.6 Å². The first-order valence-corrected chi connectivity index (χ1v) is 9.34. The summed E-state index contributed by atoms with van der Waals surface area (Å²) in [5.74, 6) is 0.757. The molecule has 0 saturated heterocycles. The van der Waals surface area contributed by atoms with Crippen LogP contribution in [0.4, 0.5) is 0 Å². The van der Waals surface area contributed by atoms with Crippen molar-refractivity contribution in [3.8, 4) is 10.4 Å². The number of thiophene rings is 1. The Hall–Kier alpha value is -2.63. The third-order valence-corrected chi connectivity index (χ3v) is 5.49. The van der Waals surface area contributed by atoms with Crippen LogP contribution in [0.3, 0.4) is 0 Å². The van der Waals surface area contributed by atoms with E-state index in [-0.39, 0.29) is 5.91 Å². The van der Waals surface area contributed by atoms with Gasteiger partial charge in [0, 0.05) is 16.9 Å². The van der Waals surface area contributed by atoms with E-state index in [1.807, 2.05) is 60.7 Å². The molecule has 2 aromatic heterocycles. The molecule has 0 saturated carbocycles. The number of nitrogens with zero attached hydrogens (tertiary/aromatic N) is 2. The molecule has 26 heavy (non-hydrogen) atoms. The number of hydrogen-bond donors (Lipinski definition) is 1. The Kier molecular flexibility index (Phi) is 4.49. The van der Waals surface area contributed by atoms with Gasteiger partial charge in [-0.25, -0.2) is 4.98 Å². The standard InChI is InChI=1S/C20H16ClN3OS/c1-24(12-19-22-15-4-2-3-5-16(15)23-19)20(25)18-11-10-17(26-18)13-6-8-14(21)9-7-13/h2-11H,12H2,1H3,(H,22,23). The molecule has 0 aliphatic carbocycles. The molecule has 0 aliphatic heterocycles. The number of amides is 1. The maximum absolute atomic E-state index is 12.7. The smallest absolute Gasteiger partial charge is 0.264 e. The van der Waals surface area contributed by atoms with Crippen molar-refractivity contribution in [3.63, 3.8) is 0 Å². The fraction of sp³-hybridized carbons (Fsp3) is 0.100. The zero-order valence-electron chi connectivity index (χ0n) is 14.1. The first-order valence-electron chi connectivity index (χ1n) is 8.15. The van der Waals surface area contributed by atoms with Gasteiger partial charge in [-0.1, -0.05) is 35.9 Å². The molecular formula is C20H16ClN3OS. The molecular weight excluding hydrogens is 366 g/mol. The molecule has 1 amide bonds. The summed E-state index contributed by atoms with van der Waals surface area (Å²) in [7, 11) is 1.79. The highest BCUT2D eigenvalue weighted by atomic mass is 35.5. The van der Waals surface area contributed by atoms with Crippen LogP contribution in [-0.2, 0) is 6.54 Å². The molecule has 0 unspecified atom stereocenters. The van der Waals surface area contributed by atoms with Gasteiger partial charge in [0.05, 0.1) is 22.5 Å². The largest absolute Gasteiger partial charge is 0.340 e. The highest BCUT2D eigenvalue weighted by Gasteiger charge is 2.16. The summed E-state index contributed by atoms with van der Waals surface area (Å²) in [6, 6.07) is 19.3. The Morgan fingerprint density at radius 3 is 2.65 bits per heavy atom.